The maximum absolute atomic E-state index is 12.9. The summed E-state index contributed by atoms with van der Waals surface area (Å²) in [4.78, 5) is 38.3. The van der Waals surface area contributed by atoms with Gasteiger partial charge in [0.2, 0.25) is 6.10 Å². The van der Waals surface area contributed by atoms with Gasteiger partial charge in [-0.15, -0.1) is 0 Å². The van der Waals surface area contributed by atoms with E-state index in [2.05, 4.69) is 0 Å². The average molecular weight is 458 g/mol. The molecule has 0 saturated heterocycles. The van der Waals surface area contributed by atoms with Gasteiger partial charge in [-0.1, -0.05) is 54.6 Å². The van der Waals surface area contributed by atoms with Crippen LogP contribution in [-0.4, -0.2) is 36.2 Å². The van der Waals surface area contributed by atoms with Crippen molar-refractivity contribution in [3.05, 3.63) is 120 Å². The monoisotopic (exact) mass is 458 g/mol. The number of ether oxygens (including phenoxy) is 4. The van der Waals surface area contributed by atoms with Crippen molar-refractivity contribution in [1.82, 2.24) is 0 Å². The molecule has 0 aromatic heterocycles. The van der Waals surface area contributed by atoms with E-state index in [0.717, 1.165) is 0 Å². The van der Waals surface area contributed by atoms with E-state index in [1.54, 1.807) is 97.9 Å². The molecule has 34 heavy (non-hydrogen) atoms. The molecule has 1 heterocycles. The molecular weight excluding hydrogens is 436 g/mol. The van der Waals surface area contributed by atoms with Crippen LogP contribution in [0.4, 0.5) is 0 Å². The summed E-state index contributed by atoms with van der Waals surface area (Å²) in [5, 5.41) is 0. The fourth-order valence-corrected chi connectivity index (χ4v) is 3.36. The predicted octanol–water partition coefficient (Wildman–Crippen LogP) is 4.55. The van der Waals surface area contributed by atoms with Crippen molar-refractivity contribution >= 4 is 17.9 Å². The second-order valence-corrected chi connectivity index (χ2v) is 7.54. The molecule has 4 rings (SSSR count). The first-order valence-electron chi connectivity index (χ1n) is 10.7. The molecule has 0 unspecified atom stereocenters. The molecule has 0 amide bonds. The van der Waals surface area contributed by atoms with Crippen LogP contribution >= 0.6 is 0 Å². The lowest BCUT2D eigenvalue weighted by Crippen LogP contribution is -2.47. The van der Waals surface area contributed by atoms with Crippen molar-refractivity contribution in [2.45, 2.75) is 25.2 Å². The average Bonchev–Trinajstić information content (AvgIpc) is 2.89. The number of hydrogen-bond donors (Lipinski definition) is 0. The molecule has 0 saturated carbocycles. The summed E-state index contributed by atoms with van der Waals surface area (Å²) >= 11 is 0. The molecule has 0 spiro atoms. The van der Waals surface area contributed by atoms with Crippen molar-refractivity contribution < 1.29 is 33.3 Å². The van der Waals surface area contributed by atoms with E-state index in [9.17, 15) is 14.4 Å². The van der Waals surface area contributed by atoms with Crippen molar-refractivity contribution in [3.63, 3.8) is 0 Å². The molecule has 7 nitrogen and oxygen atoms in total. The molecule has 0 radical (unpaired) electrons. The molecule has 1 aliphatic rings. The van der Waals surface area contributed by atoms with Crippen LogP contribution < -0.4 is 0 Å². The SMILES string of the molecule is C[C@H]1OC=C(OC(=O)c2ccccc2)[C@@H](OC(=O)c2ccccc2)[C@@H]1OC(=O)c1ccccc1. The minimum absolute atomic E-state index is 0.0814. The van der Waals surface area contributed by atoms with Crippen LogP contribution in [0, 0.1) is 0 Å². The molecule has 0 bridgehead atoms. The summed E-state index contributed by atoms with van der Waals surface area (Å²) in [6.07, 6.45) is -1.75. The van der Waals surface area contributed by atoms with Gasteiger partial charge < -0.3 is 18.9 Å². The van der Waals surface area contributed by atoms with Crippen molar-refractivity contribution in [3.8, 4) is 0 Å². The van der Waals surface area contributed by atoms with E-state index in [1.807, 2.05) is 0 Å². The Morgan fingerprint density at radius 1 is 0.647 bits per heavy atom. The van der Waals surface area contributed by atoms with Crippen LogP contribution in [0.5, 0.6) is 0 Å². The number of rotatable bonds is 6. The Morgan fingerprint density at radius 2 is 1.09 bits per heavy atom. The first-order chi connectivity index (χ1) is 16.5. The van der Waals surface area contributed by atoms with Gasteiger partial charge in [0, 0.05) is 0 Å². The number of hydrogen-bond acceptors (Lipinski definition) is 7. The third-order valence-corrected chi connectivity index (χ3v) is 5.16. The fraction of sp³-hybridized carbons (Fsp3) is 0.148. The zero-order chi connectivity index (χ0) is 23.9. The zero-order valence-corrected chi connectivity index (χ0v) is 18.3. The van der Waals surface area contributed by atoms with E-state index < -0.39 is 36.2 Å². The Morgan fingerprint density at radius 3 is 1.59 bits per heavy atom. The number of carbonyl (C=O) groups excluding carboxylic acids is 3. The van der Waals surface area contributed by atoms with E-state index in [-0.39, 0.29) is 5.76 Å². The minimum Gasteiger partial charge on any atom is -0.491 e. The minimum atomic E-state index is -1.21. The predicted molar refractivity (Wildman–Crippen MR) is 122 cm³/mol. The largest absolute Gasteiger partial charge is 0.491 e. The van der Waals surface area contributed by atoms with Crippen molar-refractivity contribution in [1.29, 1.82) is 0 Å². The third-order valence-electron chi connectivity index (χ3n) is 5.16. The Hall–Kier alpha value is -4.39. The molecular formula is C27H22O7. The van der Waals surface area contributed by atoms with Gasteiger partial charge in [0.1, 0.15) is 12.4 Å². The fourth-order valence-electron chi connectivity index (χ4n) is 3.36. The van der Waals surface area contributed by atoms with Crippen LogP contribution in [0.3, 0.4) is 0 Å². The second-order valence-electron chi connectivity index (χ2n) is 7.54. The highest BCUT2D eigenvalue weighted by Gasteiger charge is 2.43. The molecule has 7 heteroatoms. The van der Waals surface area contributed by atoms with Crippen molar-refractivity contribution in [2.75, 3.05) is 0 Å². The standard InChI is InChI=1S/C27H22O7/c1-18-23(33-26(29)20-13-7-3-8-14-20)24(34-27(30)21-15-9-4-10-16-21)22(17-31-18)32-25(28)19-11-5-2-6-12-19/h2-18,23-24H,1H3/t18-,23-,24-/m1/s1. The third kappa shape index (κ3) is 5.32. The summed E-state index contributed by atoms with van der Waals surface area (Å²) in [6.45, 7) is 1.67. The topological polar surface area (TPSA) is 88.1 Å². The molecule has 3 atom stereocenters. The quantitative estimate of drug-likeness (QED) is 0.395. The van der Waals surface area contributed by atoms with Crippen LogP contribution in [0.1, 0.15) is 38.0 Å². The van der Waals surface area contributed by atoms with Gasteiger partial charge >= 0.3 is 17.9 Å². The molecule has 3 aromatic rings. The first-order valence-corrected chi connectivity index (χ1v) is 10.7. The van der Waals surface area contributed by atoms with E-state index in [4.69, 9.17) is 18.9 Å². The Bertz CT molecular complexity index is 1170. The van der Waals surface area contributed by atoms with Crippen LogP contribution in [0.25, 0.3) is 0 Å². The highest BCUT2D eigenvalue weighted by atomic mass is 16.6. The lowest BCUT2D eigenvalue weighted by Gasteiger charge is -2.34. The number of esters is 3. The van der Waals surface area contributed by atoms with Gasteiger partial charge in [-0.2, -0.15) is 0 Å². The first kappa shape index (κ1) is 22.8. The van der Waals surface area contributed by atoms with Gasteiger partial charge in [-0.25, -0.2) is 14.4 Å². The molecule has 0 fully saturated rings. The van der Waals surface area contributed by atoms with E-state index in [1.165, 1.54) is 6.26 Å². The molecule has 0 N–H and O–H groups in total. The van der Waals surface area contributed by atoms with Crippen molar-refractivity contribution in [2.24, 2.45) is 0 Å². The zero-order valence-electron chi connectivity index (χ0n) is 18.3. The van der Waals surface area contributed by atoms with Gasteiger partial charge in [-0.3, -0.25) is 0 Å². The van der Waals surface area contributed by atoms with Crippen LogP contribution in [0.15, 0.2) is 103 Å². The molecule has 172 valence electrons. The van der Waals surface area contributed by atoms with Gasteiger partial charge in [0.05, 0.1) is 16.7 Å². The summed E-state index contributed by atoms with van der Waals surface area (Å²) in [5.41, 5.74) is 0.914. The highest BCUT2D eigenvalue weighted by Crippen LogP contribution is 2.28. The van der Waals surface area contributed by atoms with E-state index >= 15 is 0 Å². The van der Waals surface area contributed by atoms with Crippen LogP contribution in [-0.2, 0) is 18.9 Å². The maximum atomic E-state index is 12.9. The summed E-state index contributed by atoms with van der Waals surface area (Å²) in [6, 6.07) is 25.1. The maximum Gasteiger partial charge on any atom is 0.343 e. The summed E-state index contributed by atoms with van der Waals surface area (Å²) in [7, 11) is 0. The smallest absolute Gasteiger partial charge is 0.343 e. The number of benzene rings is 3. The van der Waals surface area contributed by atoms with Gasteiger partial charge in [-0.05, 0) is 43.3 Å². The van der Waals surface area contributed by atoms with Gasteiger partial charge in [0.15, 0.2) is 11.9 Å². The molecule has 0 aliphatic carbocycles. The van der Waals surface area contributed by atoms with E-state index in [0.29, 0.717) is 16.7 Å². The lowest BCUT2D eigenvalue weighted by atomic mass is 10.0. The Labute approximate surface area is 196 Å². The molecule has 3 aromatic carbocycles. The number of carbonyl (C=O) groups is 3. The normalized spacial score (nSPS) is 19.2. The summed E-state index contributed by atoms with van der Waals surface area (Å²) < 4.78 is 22.5. The highest BCUT2D eigenvalue weighted by molar-refractivity contribution is 5.91. The molecule has 1 aliphatic heterocycles. The van der Waals surface area contributed by atoms with Gasteiger partial charge in [0.25, 0.3) is 0 Å². The lowest BCUT2D eigenvalue weighted by molar-refractivity contribution is -0.0972. The second kappa shape index (κ2) is 10.5. The Kier molecular flexibility index (Phi) is 7.03. The Balaban J connectivity index is 1.61. The van der Waals surface area contributed by atoms with Crippen LogP contribution in [0.2, 0.25) is 0 Å². The summed E-state index contributed by atoms with van der Waals surface area (Å²) in [5.74, 6) is -2.04.